The highest BCUT2D eigenvalue weighted by Gasteiger charge is 2.10. The summed E-state index contributed by atoms with van der Waals surface area (Å²) in [7, 11) is 0. The van der Waals surface area contributed by atoms with Crippen LogP contribution < -0.4 is 5.73 Å². The number of rotatable bonds is 4. The summed E-state index contributed by atoms with van der Waals surface area (Å²) >= 11 is 0. The lowest BCUT2D eigenvalue weighted by molar-refractivity contribution is 0.432. The summed E-state index contributed by atoms with van der Waals surface area (Å²) in [6.07, 6.45) is 4.28. The van der Waals surface area contributed by atoms with Crippen LogP contribution in [0.5, 0.6) is 0 Å². The molecule has 0 saturated heterocycles. The van der Waals surface area contributed by atoms with E-state index in [4.69, 9.17) is 10.3 Å². The topological polar surface area (TPSA) is 77.8 Å². The number of nitrogens with two attached hydrogens (primary N) is 1. The second-order valence-electron chi connectivity index (χ2n) is 4.40. The summed E-state index contributed by atoms with van der Waals surface area (Å²) in [6, 6.07) is 11.7. The SMILES string of the molecule is NCCc1ccc(-c2nc(-c3cccnc3)no2)cc1. The molecule has 0 saturated carbocycles. The van der Waals surface area contributed by atoms with Crippen LogP contribution in [0.1, 0.15) is 5.56 Å². The first-order valence-corrected chi connectivity index (χ1v) is 6.40. The number of hydrogen-bond donors (Lipinski definition) is 1. The lowest BCUT2D eigenvalue weighted by Crippen LogP contribution is -2.02. The van der Waals surface area contributed by atoms with Gasteiger partial charge in [-0.1, -0.05) is 17.3 Å². The Morgan fingerprint density at radius 2 is 1.90 bits per heavy atom. The van der Waals surface area contributed by atoms with Crippen LogP contribution in [0.25, 0.3) is 22.8 Å². The van der Waals surface area contributed by atoms with Crippen molar-refractivity contribution >= 4 is 0 Å². The Labute approximate surface area is 116 Å². The summed E-state index contributed by atoms with van der Waals surface area (Å²) in [5.41, 5.74) is 8.46. The van der Waals surface area contributed by atoms with Gasteiger partial charge in [-0.05, 0) is 42.8 Å². The largest absolute Gasteiger partial charge is 0.334 e. The van der Waals surface area contributed by atoms with E-state index in [-0.39, 0.29) is 0 Å². The normalized spacial score (nSPS) is 10.7. The first-order chi connectivity index (χ1) is 9.86. The Bertz CT molecular complexity index is 677. The fraction of sp³-hybridized carbons (Fsp3) is 0.133. The molecule has 20 heavy (non-hydrogen) atoms. The van der Waals surface area contributed by atoms with Crippen LogP contribution in [0.4, 0.5) is 0 Å². The van der Waals surface area contributed by atoms with E-state index in [1.165, 1.54) is 5.56 Å². The van der Waals surface area contributed by atoms with Crippen molar-refractivity contribution in [3.63, 3.8) is 0 Å². The summed E-state index contributed by atoms with van der Waals surface area (Å²) in [6.45, 7) is 0.644. The summed E-state index contributed by atoms with van der Waals surface area (Å²) < 4.78 is 5.29. The molecule has 0 atom stereocenters. The quantitative estimate of drug-likeness (QED) is 0.784. The first-order valence-electron chi connectivity index (χ1n) is 6.40. The summed E-state index contributed by atoms with van der Waals surface area (Å²) in [5.74, 6) is 1.04. The van der Waals surface area contributed by atoms with Gasteiger partial charge in [0.1, 0.15) is 0 Å². The van der Waals surface area contributed by atoms with Crippen molar-refractivity contribution in [3.05, 3.63) is 54.4 Å². The van der Waals surface area contributed by atoms with Crippen LogP contribution in [0.3, 0.4) is 0 Å². The second kappa shape index (κ2) is 5.63. The number of aromatic nitrogens is 3. The van der Waals surface area contributed by atoms with Crippen molar-refractivity contribution in [2.24, 2.45) is 5.73 Å². The Morgan fingerprint density at radius 3 is 2.60 bits per heavy atom. The summed E-state index contributed by atoms with van der Waals surface area (Å²) in [5, 5.41) is 3.98. The minimum atomic E-state index is 0.503. The number of nitrogens with zero attached hydrogens (tertiary/aromatic N) is 3. The Hall–Kier alpha value is -2.53. The molecule has 2 N–H and O–H groups in total. The summed E-state index contributed by atoms with van der Waals surface area (Å²) in [4.78, 5) is 8.43. The van der Waals surface area contributed by atoms with Gasteiger partial charge in [0, 0.05) is 23.5 Å². The van der Waals surface area contributed by atoms with Crippen LogP contribution in [-0.4, -0.2) is 21.7 Å². The molecule has 100 valence electrons. The van der Waals surface area contributed by atoms with Crippen LogP contribution in [0.2, 0.25) is 0 Å². The van der Waals surface area contributed by atoms with Gasteiger partial charge in [0.05, 0.1) is 0 Å². The minimum absolute atomic E-state index is 0.503. The molecule has 0 spiro atoms. The van der Waals surface area contributed by atoms with Crippen molar-refractivity contribution in [2.45, 2.75) is 6.42 Å². The van der Waals surface area contributed by atoms with E-state index in [2.05, 4.69) is 15.1 Å². The Morgan fingerprint density at radius 1 is 1.05 bits per heavy atom. The molecule has 1 aromatic carbocycles. The average Bonchev–Trinajstić information content (AvgIpc) is 2.99. The zero-order chi connectivity index (χ0) is 13.8. The first kappa shape index (κ1) is 12.5. The maximum Gasteiger partial charge on any atom is 0.258 e. The molecule has 0 aliphatic heterocycles. The van der Waals surface area contributed by atoms with E-state index in [1.54, 1.807) is 12.4 Å². The van der Waals surface area contributed by atoms with Gasteiger partial charge >= 0.3 is 0 Å². The standard InChI is InChI=1S/C15H14N4O/c16-8-7-11-3-5-12(6-4-11)15-18-14(19-20-15)13-2-1-9-17-10-13/h1-6,9-10H,7-8,16H2. The molecule has 0 radical (unpaired) electrons. The molecule has 0 fully saturated rings. The van der Waals surface area contributed by atoms with Crippen molar-refractivity contribution in [1.29, 1.82) is 0 Å². The van der Waals surface area contributed by atoms with Gasteiger partial charge in [-0.15, -0.1) is 0 Å². The van der Waals surface area contributed by atoms with Crippen LogP contribution >= 0.6 is 0 Å². The third kappa shape index (κ3) is 2.57. The fourth-order valence-electron chi connectivity index (χ4n) is 1.93. The second-order valence-corrected chi connectivity index (χ2v) is 4.40. The van der Waals surface area contributed by atoms with E-state index in [9.17, 15) is 0 Å². The van der Waals surface area contributed by atoms with Gasteiger partial charge in [-0.3, -0.25) is 4.98 Å². The van der Waals surface area contributed by atoms with Crippen molar-refractivity contribution in [2.75, 3.05) is 6.54 Å². The van der Waals surface area contributed by atoms with Crippen molar-refractivity contribution in [3.8, 4) is 22.8 Å². The molecule has 3 rings (SSSR count). The van der Waals surface area contributed by atoms with E-state index in [1.807, 2.05) is 36.4 Å². The molecular formula is C15H14N4O. The van der Waals surface area contributed by atoms with Gasteiger partial charge in [0.2, 0.25) is 5.82 Å². The highest BCUT2D eigenvalue weighted by atomic mass is 16.5. The highest BCUT2D eigenvalue weighted by Crippen LogP contribution is 2.21. The predicted octanol–water partition coefficient (Wildman–Crippen LogP) is 2.30. The minimum Gasteiger partial charge on any atom is -0.334 e. The molecule has 2 heterocycles. The number of benzene rings is 1. The van der Waals surface area contributed by atoms with Gasteiger partial charge in [0.15, 0.2) is 0 Å². The molecule has 0 unspecified atom stereocenters. The maximum atomic E-state index is 5.53. The lowest BCUT2D eigenvalue weighted by Gasteiger charge is -1.99. The van der Waals surface area contributed by atoms with Gasteiger partial charge in [-0.25, -0.2) is 0 Å². The maximum absolute atomic E-state index is 5.53. The average molecular weight is 266 g/mol. The van der Waals surface area contributed by atoms with E-state index >= 15 is 0 Å². The zero-order valence-electron chi connectivity index (χ0n) is 10.9. The van der Waals surface area contributed by atoms with Crippen LogP contribution in [0.15, 0.2) is 53.3 Å². The highest BCUT2D eigenvalue weighted by molar-refractivity contribution is 5.59. The predicted molar refractivity (Wildman–Crippen MR) is 75.7 cm³/mol. The molecule has 0 amide bonds. The van der Waals surface area contributed by atoms with Gasteiger partial charge in [-0.2, -0.15) is 4.98 Å². The van der Waals surface area contributed by atoms with Crippen LogP contribution in [0, 0.1) is 0 Å². The van der Waals surface area contributed by atoms with E-state index in [0.717, 1.165) is 17.5 Å². The van der Waals surface area contributed by atoms with Crippen molar-refractivity contribution < 1.29 is 4.52 Å². The van der Waals surface area contributed by atoms with Crippen LogP contribution in [-0.2, 0) is 6.42 Å². The fourth-order valence-corrected chi connectivity index (χ4v) is 1.93. The monoisotopic (exact) mass is 266 g/mol. The molecule has 0 aliphatic rings. The molecule has 5 nitrogen and oxygen atoms in total. The van der Waals surface area contributed by atoms with Gasteiger partial charge < -0.3 is 10.3 Å². The van der Waals surface area contributed by atoms with Crippen molar-refractivity contribution in [1.82, 2.24) is 15.1 Å². The third-order valence-corrected chi connectivity index (χ3v) is 2.98. The van der Waals surface area contributed by atoms with E-state index in [0.29, 0.717) is 18.3 Å². The Kier molecular flexibility index (Phi) is 3.52. The van der Waals surface area contributed by atoms with E-state index < -0.39 is 0 Å². The number of hydrogen-bond acceptors (Lipinski definition) is 5. The molecule has 2 aromatic heterocycles. The molecule has 0 bridgehead atoms. The zero-order valence-corrected chi connectivity index (χ0v) is 10.9. The molecule has 0 aliphatic carbocycles. The molecule has 5 heteroatoms. The number of pyridine rings is 1. The Balaban J connectivity index is 1.86. The molecule has 3 aromatic rings. The third-order valence-electron chi connectivity index (χ3n) is 2.98. The van der Waals surface area contributed by atoms with Gasteiger partial charge in [0.25, 0.3) is 5.89 Å². The lowest BCUT2D eigenvalue weighted by atomic mass is 10.1. The molecular weight excluding hydrogens is 252 g/mol. The smallest absolute Gasteiger partial charge is 0.258 e.